The predicted octanol–water partition coefficient (Wildman–Crippen LogP) is 4.09. The number of hydrogen-bond donors (Lipinski definition) is 1. The van der Waals surface area contributed by atoms with Gasteiger partial charge in [0.15, 0.2) is 11.6 Å². The quantitative estimate of drug-likeness (QED) is 0.900. The van der Waals surface area contributed by atoms with Crippen LogP contribution in [0.15, 0.2) is 46.9 Å². The zero-order valence-electron chi connectivity index (χ0n) is 11.7. The van der Waals surface area contributed by atoms with E-state index in [1.807, 2.05) is 31.2 Å². The van der Waals surface area contributed by atoms with Crippen LogP contribution in [-0.2, 0) is 0 Å². The molecule has 3 nitrogen and oxygen atoms in total. The molecule has 110 valence electrons. The molecular formula is C16H15BrFNO2. The summed E-state index contributed by atoms with van der Waals surface area (Å²) in [5.74, 6) is -0.710. The van der Waals surface area contributed by atoms with Gasteiger partial charge >= 0.3 is 0 Å². The van der Waals surface area contributed by atoms with E-state index in [0.29, 0.717) is 5.56 Å². The summed E-state index contributed by atoms with van der Waals surface area (Å²) in [6.07, 6.45) is 0. The maximum Gasteiger partial charge on any atom is 0.251 e. The molecule has 0 aliphatic rings. The fourth-order valence-electron chi connectivity index (χ4n) is 1.92. The molecule has 1 atom stereocenters. The van der Waals surface area contributed by atoms with Crippen molar-refractivity contribution < 1.29 is 13.9 Å². The zero-order valence-corrected chi connectivity index (χ0v) is 13.3. The first kappa shape index (κ1) is 15.5. The van der Waals surface area contributed by atoms with Gasteiger partial charge in [-0.15, -0.1) is 0 Å². The molecule has 0 bridgehead atoms. The van der Waals surface area contributed by atoms with Crippen molar-refractivity contribution in [3.05, 3.63) is 63.9 Å². The van der Waals surface area contributed by atoms with Crippen molar-refractivity contribution in [1.29, 1.82) is 0 Å². The van der Waals surface area contributed by atoms with Gasteiger partial charge in [-0.2, -0.15) is 0 Å². The Morgan fingerprint density at radius 1 is 1.24 bits per heavy atom. The van der Waals surface area contributed by atoms with Crippen molar-refractivity contribution in [3.8, 4) is 5.75 Å². The van der Waals surface area contributed by atoms with E-state index >= 15 is 0 Å². The van der Waals surface area contributed by atoms with Gasteiger partial charge in [0, 0.05) is 10.0 Å². The predicted molar refractivity (Wildman–Crippen MR) is 83.0 cm³/mol. The Bertz CT molecular complexity index is 643. The molecule has 0 spiro atoms. The summed E-state index contributed by atoms with van der Waals surface area (Å²) >= 11 is 3.37. The number of hydrogen-bond acceptors (Lipinski definition) is 2. The second-order valence-corrected chi connectivity index (χ2v) is 5.51. The van der Waals surface area contributed by atoms with Crippen LogP contribution in [-0.4, -0.2) is 13.0 Å². The number of amides is 1. The van der Waals surface area contributed by atoms with Crippen LogP contribution in [0.4, 0.5) is 4.39 Å². The number of methoxy groups -OCH3 is 1. The molecule has 0 radical (unpaired) electrons. The molecule has 0 saturated heterocycles. The van der Waals surface area contributed by atoms with Crippen molar-refractivity contribution >= 4 is 21.8 Å². The summed E-state index contributed by atoms with van der Waals surface area (Å²) in [7, 11) is 1.37. The molecule has 5 heteroatoms. The number of halogens is 2. The maximum atomic E-state index is 13.3. The third-order valence-corrected chi connectivity index (χ3v) is 3.66. The van der Waals surface area contributed by atoms with E-state index in [1.165, 1.54) is 25.3 Å². The summed E-state index contributed by atoms with van der Waals surface area (Å²) in [5.41, 5.74) is 1.35. The van der Waals surface area contributed by atoms with Crippen molar-refractivity contribution in [2.45, 2.75) is 13.0 Å². The Morgan fingerprint density at radius 2 is 1.90 bits per heavy atom. The van der Waals surface area contributed by atoms with E-state index in [0.717, 1.165) is 10.0 Å². The van der Waals surface area contributed by atoms with Gasteiger partial charge < -0.3 is 10.1 Å². The first-order valence-corrected chi connectivity index (χ1v) is 7.20. The minimum absolute atomic E-state index is 0.0546. The second-order valence-electron chi connectivity index (χ2n) is 4.60. The molecule has 2 aromatic carbocycles. The Balaban J connectivity index is 2.12. The fraction of sp³-hybridized carbons (Fsp3) is 0.188. The van der Waals surface area contributed by atoms with Gasteiger partial charge in [-0.25, -0.2) is 4.39 Å². The summed E-state index contributed by atoms with van der Waals surface area (Å²) in [4.78, 5) is 12.2. The van der Waals surface area contributed by atoms with Crippen LogP contribution in [0, 0.1) is 5.82 Å². The number of nitrogens with one attached hydrogen (secondary N) is 1. The molecule has 0 aliphatic carbocycles. The highest BCUT2D eigenvalue weighted by Gasteiger charge is 2.13. The van der Waals surface area contributed by atoms with Gasteiger partial charge in [0.2, 0.25) is 0 Å². The highest BCUT2D eigenvalue weighted by atomic mass is 79.9. The average molecular weight is 352 g/mol. The smallest absolute Gasteiger partial charge is 0.251 e. The number of ether oxygens (including phenoxy) is 1. The topological polar surface area (TPSA) is 38.3 Å². The van der Waals surface area contributed by atoms with Crippen LogP contribution in [0.2, 0.25) is 0 Å². The van der Waals surface area contributed by atoms with Crippen LogP contribution in [0.3, 0.4) is 0 Å². The lowest BCUT2D eigenvalue weighted by molar-refractivity contribution is 0.0939. The third kappa shape index (κ3) is 3.82. The molecule has 0 fully saturated rings. The summed E-state index contributed by atoms with van der Waals surface area (Å²) in [6, 6.07) is 11.6. The lowest BCUT2D eigenvalue weighted by Gasteiger charge is -2.15. The highest BCUT2D eigenvalue weighted by Crippen LogP contribution is 2.20. The van der Waals surface area contributed by atoms with Crippen LogP contribution in [0.25, 0.3) is 0 Å². The SMILES string of the molecule is COc1cc(C(=O)NC(C)c2ccc(Br)cc2)ccc1F. The summed E-state index contributed by atoms with van der Waals surface area (Å²) in [6.45, 7) is 1.89. The molecule has 2 aromatic rings. The van der Waals surface area contributed by atoms with E-state index in [1.54, 1.807) is 0 Å². The van der Waals surface area contributed by atoms with Crippen molar-refractivity contribution in [2.24, 2.45) is 0 Å². The van der Waals surface area contributed by atoms with Crippen molar-refractivity contribution in [3.63, 3.8) is 0 Å². The van der Waals surface area contributed by atoms with Gasteiger partial charge in [-0.3, -0.25) is 4.79 Å². The molecule has 1 N–H and O–H groups in total. The zero-order chi connectivity index (χ0) is 15.4. The molecule has 0 aromatic heterocycles. The van der Waals surface area contributed by atoms with E-state index in [9.17, 15) is 9.18 Å². The molecule has 0 heterocycles. The molecule has 1 unspecified atom stereocenters. The lowest BCUT2D eigenvalue weighted by atomic mass is 10.1. The Morgan fingerprint density at radius 3 is 2.52 bits per heavy atom. The van der Waals surface area contributed by atoms with Crippen LogP contribution in [0.1, 0.15) is 28.9 Å². The monoisotopic (exact) mass is 351 g/mol. The van der Waals surface area contributed by atoms with E-state index < -0.39 is 5.82 Å². The largest absolute Gasteiger partial charge is 0.494 e. The Kier molecular flexibility index (Phi) is 4.96. The number of rotatable bonds is 4. The average Bonchev–Trinajstić information content (AvgIpc) is 2.48. The third-order valence-electron chi connectivity index (χ3n) is 3.13. The molecular weight excluding hydrogens is 337 g/mol. The first-order chi connectivity index (χ1) is 10.0. The molecule has 0 aliphatic heterocycles. The summed E-state index contributed by atoms with van der Waals surface area (Å²) in [5, 5.41) is 2.87. The molecule has 2 rings (SSSR count). The maximum absolute atomic E-state index is 13.3. The molecule has 21 heavy (non-hydrogen) atoms. The number of carbonyl (C=O) groups is 1. The van der Waals surface area contributed by atoms with Gasteiger partial charge in [0.25, 0.3) is 5.91 Å². The second kappa shape index (κ2) is 6.72. The van der Waals surface area contributed by atoms with Crippen LogP contribution >= 0.6 is 15.9 Å². The van der Waals surface area contributed by atoms with Gasteiger partial charge in [-0.05, 0) is 42.8 Å². The van der Waals surface area contributed by atoms with E-state index in [4.69, 9.17) is 4.74 Å². The van der Waals surface area contributed by atoms with Crippen molar-refractivity contribution in [2.75, 3.05) is 7.11 Å². The van der Waals surface area contributed by atoms with E-state index in [2.05, 4.69) is 21.2 Å². The van der Waals surface area contributed by atoms with Gasteiger partial charge in [-0.1, -0.05) is 28.1 Å². The molecule has 1 amide bonds. The number of benzene rings is 2. The number of carbonyl (C=O) groups excluding carboxylic acids is 1. The minimum atomic E-state index is -0.491. The minimum Gasteiger partial charge on any atom is -0.494 e. The Labute approximate surface area is 131 Å². The standard InChI is InChI=1S/C16H15BrFNO2/c1-10(11-3-6-13(17)7-4-11)19-16(20)12-5-8-14(18)15(9-12)21-2/h3-10H,1-2H3,(H,19,20). The van der Waals surface area contributed by atoms with Gasteiger partial charge in [0.05, 0.1) is 13.2 Å². The summed E-state index contributed by atoms with van der Waals surface area (Å²) < 4.78 is 19.2. The normalized spacial score (nSPS) is 11.8. The Hall–Kier alpha value is -1.88. The highest BCUT2D eigenvalue weighted by molar-refractivity contribution is 9.10. The van der Waals surface area contributed by atoms with Gasteiger partial charge in [0.1, 0.15) is 0 Å². The van der Waals surface area contributed by atoms with E-state index in [-0.39, 0.29) is 17.7 Å². The van der Waals surface area contributed by atoms with Crippen molar-refractivity contribution in [1.82, 2.24) is 5.32 Å². The molecule has 0 saturated carbocycles. The fourth-order valence-corrected chi connectivity index (χ4v) is 2.18. The first-order valence-electron chi connectivity index (χ1n) is 6.41. The lowest BCUT2D eigenvalue weighted by Crippen LogP contribution is -2.26. The van der Waals surface area contributed by atoms with Crippen LogP contribution in [0.5, 0.6) is 5.75 Å². The van der Waals surface area contributed by atoms with Crippen LogP contribution < -0.4 is 10.1 Å².